The molecule has 2 aliphatic rings. The standard InChI is InChI=1S/C24H31N3O4/c1-15-10-23(4,5)14-24(11-15)21(29)27(22(30)25-24)13-20(28)19-9-16(2)26(17(19)3)12-18-7-6-8-31-18/h6-9,15H,10-14H2,1-5H3,(H,25,30)/t15-,24-/m1/s1. The van der Waals surface area contributed by atoms with E-state index < -0.39 is 11.6 Å². The van der Waals surface area contributed by atoms with Crippen molar-refractivity contribution in [1.82, 2.24) is 14.8 Å². The number of nitrogens with one attached hydrogen (secondary N) is 1. The van der Waals surface area contributed by atoms with Gasteiger partial charge in [0.05, 0.1) is 19.4 Å². The van der Waals surface area contributed by atoms with Crippen molar-refractivity contribution in [1.29, 1.82) is 0 Å². The van der Waals surface area contributed by atoms with Crippen LogP contribution in [0.1, 0.15) is 67.5 Å². The molecule has 166 valence electrons. The minimum atomic E-state index is -0.894. The number of aromatic nitrogens is 1. The lowest BCUT2D eigenvalue weighted by atomic mass is 9.64. The van der Waals surface area contributed by atoms with E-state index in [4.69, 9.17) is 4.42 Å². The number of hydrogen-bond acceptors (Lipinski definition) is 4. The molecule has 2 fully saturated rings. The molecule has 1 saturated heterocycles. The molecule has 4 rings (SSSR count). The molecule has 1 aliphatic heterocycles. The van der Waals surface area contributed by atoms with Crippen LogP contribution in [-0.2, 0) is 11.3 Å². The topological polar surface area (TPSA) is 84.5 Å². The van der Waals surface area contributed by atoms with Gasteiger partial charge in [0.1, 0.15) is 11.3 Å². The quantitative estimate of drug-likeness (QED) is 0.578. The summed E-state index contributed by atoms with van der Waals surface area (Å²) in [6.45, 7) is 10.5. The Morgan fingerprint density at radius 3 is 2.65 bits per heavy atom. The number of imide groups is 1. The number of rotatable bonds is 5. The normalized spacial score (nSPS) is 25.3. The van der Waals surface area contributed by atoms with Gasteiger partial charge in [-0.2, -0.15) is 0 Å². The molecule has 1 aliphatic carbocycles. The Morgan fingerprint density at radius 1 is 1.26 bits per heavy atom. The summed E-state index contributed by atoms with van der Waals surface area (Å²) in [6.07, 6.45) is 3.84. The van der Waals surface area contributed by atoms with Crippen molar-refractivity contribution in [3.05, 3.63) is 47.2 Å². The number of hydrogen-bond donors (Lipinski definition) is 1. The largest absolute Gasteiger partial charge is 0.467 e. The van der Waals surface area contributed by atoms with Crippen molar-refractivity contribution in [3.8, 4) is 0 Å². The molecular weight excluding hydrogens is 394 g/mol. The van der Waals surface area contributed by atoms with E-state index >= 15 is 0 Å². The maximum Gasteiger partial charge on any atom is 0.325 e. The number of nitrogens with zero attached hydrogens (tertiary/aromatic N) is 2. The maximum atomic E-state index is 13.3. The van der Waals surface area contributed by atoms with Gasteiger partial charge in [-0.3, -0.25) is 14.5 Å². The van der Waals surface area contributed by atoms with Crippen molar-refractivity contribution in [3.63, 3.8) is 0 Å². The van der Waals surface area contributed by atoms with Crippen LogP contribution in [0.5, 0.6) is 0 Å². The predicted molar refractivity (Wildman–Crippen MR) is 116 cm³/mol. The lowest BCUT2D eigenvalue weighted by Crippen LogP contribution is -2.54. The number of carbonyl (C=O) groups is 3. The molecule has 1 N–H and O–H groups in total. The van der Waals surface area contributed by atoms with E-state index in [9.17, 15) is 14.4 Å². The van der Waals surface area contributed by atoms with Gasteiger partial charge in [-0.25, -0.2) is 4.79 Å². The molecule has 1 spiro atoms. The highest BCUT2D eigenvalue weighted by molar-refractivity contribution is 6.11. The lowest BCUT2D eigenvalue weighted by Gasteiger charge is -2.43. The minimum Gasteiger partial charge on any atom is -0.467 e. The first-order chi connectivity index (χ1) is 14.5. The predicted octanol–water partition coefficient (Wildman–Crippen LogP) is 4.07. The van der Waals surface area contributed by atoms with Crippen LogP contribution in [-0.4, -0.2) is 39.3 Å². The van der Waals surface area contributed by atoms with Crippen LogP contribution in [0, 0.1) is 25.2 Å². The van der Waals surface area contributed by atoms with Gasteiger partial charge in [-0.05, 0) is 62.6 Å². The Morgan fingerprint density at radius 2 is 2.00 bits per heavy atom. The van der Waals surface area contributed by atoms with E-state index in [0.29, 0.717) is 30.9 Å². The SMILES string of the molecule is Cc1cc(C(=O)CN2C(=O)N[C@@]3(C[C@H](C)CC(C)(C)C3)C2=O)c(C)n1Cc1ccco1. The Bertz CT molecular complexity index is 1030. The fraction of sp³-hybridized carbons (Fsp3) is 0.542. The Balaban J connectivity index is 1.54. The molecule has 7 heteroatoms. The highest BCUT2D eigenvalue weighted by Crippen LogP contribution is 2.46. The second-order valence-corrected chi connectivity index (χ2v) is 10.1. The van der Waals surface area contributed by atoms with Gasteiger partial charge in [0, 0.05) is 17.0 Å². The summed E-state index contributed by atoms with van der Waals surface area (Å²) in [6, 6.07) is 5.07. The summed E-state index contributed by atoms with van der Waals surface area (Å²) >= 11 is 0. The van der Waals surface area contributed by atoms with Crippen molar-refractivity contribution in [2.24, 2.45) is 11.3 Å². The van der Waals surface area contributed by atoms with E-state index in [1.807, 2.05) is 36.6 Å². The van der Waals surface area contributed by atoms with Crippen molar-refractivity contribution >= 4 is 17.7 Å². The zero-order valence-corrected chi connectivity index (χ0v) is 18.9. The van der Waals surface area contributed by atoms with Gasteiger partial charge >= 0.3 is 6.03 Å². The van der Waals surface area contributed by atoms with Crippen LogP contribution in [0.4, 0.5) is 4.79 Å². The summed E-state index contributed by atoms with van der Waals surface area (Å²) in [7, 11) is 0. The molecule has 31 heavy (non-hydrogen) atoms. The van der Waals surface area contributed by atoms with Crippen LogP contribution in [0.15, 0.2) is 28.9 Å². The molecule has 2 atom stereocenters. The Hall–Kier alpha value is -2.83. The van der Waals surface area contributed by atoms with Gasteiger partial charge in [-0.1, -0.05) is 20.8 Å². The molecule has 3 heterocycles. The van der Waals surface area contributed by atoms with E-state index in [1.165, 1.54) is 0 Å². The van der Waals surface area contributed by atoms with Gasteiger partial charge in [0.2, 0.25) is 0 Å². The van der Waals surface area contributed by atoms with E-state index in [0.717, 1.165) is 28.5 Å². The lowest BCUT2D eigenvalue weighted by molar-refractivity contribution is -0.134. The fourth-order valence-corrected chi connectivity index (χ4v) is 5.76. The van der Waals surface area contributed by atoms with Gasteiger partial charge in [0.15, 0.2) is 5.78 Å². The van der Waals surface area contributed by atoms with Crippen LogP contribution in [0.2, 0.25) is 0 Å². The average Bonchev–Trinajstić information content (AvgIpc) is 3.32. The first kappa shape index (κ1) is 21.4. The van der Waals surface area contributed by atoms with Crippen LogP contribution in [0.3, 0.4) is 0 Å². The van der Waals surface area contributed by atoms with Crippen LogP contribution >= 0.6 is 0 Å². The molecule has 7 nitrogen and oxygen atoms in total. The fourth-order valence-electron chi connectivity index (χ4n) is 5.76. The molecule has 0 radical (unpaired) electrons. The number of aryl methyl sites for hydroxylation is 1. The Kier molecular flexibility index (Phi) is 5.10. The van der Waals surface area contributed by atoms with Crippen molar-refractivity contribution in [2.45, 2.75) is 66.0 Å². The third-order valence-electron chi connectivity index (χ3n) is 6.69. The van der Waals surface area contributed by atoms with E-state index in [2.05, 4.69) is 26.1 Å². The van der Waals surface area contributed by atoms with Crippen LogP contribution in [0.25, 0.3) is 0 Å². The number of Topliss-reactive ketones (excluding diaryl/α,β-unsaturated/α-hetero) is 1. The number of furan rings is 1. The molecule has 0 bridgehead atoms. The number of ketones is 1. The van der Waals surface area contributed by atoms with Gasteiger partial charge in [-0.15, -0.1) is 0 Å². The number of carbonyl (C=O) groups excluding carboxylic acids is 3. The summed E-state index contributed by atoms with van der Waals surface area (Å²) in [5.74, 6) is 0.618. The summed E-state index contributed by atoms with van der Waals surface area (Å²) in [5, 5.41) is 2.94. The zero-order chi connectivity index (χ0) is 22.6. The molecule has 0 aromatic carbocycles. The highest BCUT2D eigenvalue weighted by Gasteiger charge is 2.56. The maximum absolute atomic E-state index is 13.3. The highest BCUT2D eigenvalue weighted by atomic mass is 16.3. The third-order valence-corrected chi connectivity index (χ3v) is 6.69. The van der Waals surface area contributed by atoms with E-state index in [-0.39, 0.29) is 23.7 Å². The first-order valence-electron chi connectivity index (χ1n) is 10.9. The molecule has 2 aromatic rings. The molecule has 2 aromatic heterocycles. The van der Waals surface area contributed by atoms with Crippen LogP contribution < -0.4 is 5.32 Å². The number of amides is 3. The van der Waals surface area contributed by atoms with Gasteiger partial charge in [0.25, 0.3) is 5.91 Å². The summed E-state index contributed by atoms with van der Waals surface area (Å²) in [5.41, 5.74) is 1.32. The monoisotopic (exact) mass is 425 g/mol. The smallest absolute Gasteiger partial charge is 0.325 e. The number of urea groups is 1. The summed E-state index contributed by atoms with van der Waals surface area (Å²) < 4.78 is 7.44. The van der Waals surface area contributed by atoms with E-state index in [1.54, 1.807) is 6.26 Å². The van der Waals surface area contributed by atoms with Crippen molar-refractivity contribution < 1.29 is 18.8 Å². The molecular formula is C24H31N3O4. The first-order valence-corrected chi connectivity index (χ1v) is 10.9. The average molecular weight is 426 g/mol. The summed E-state index contributed by atoms with van der Waals surface area (Å²) in [4.78, 5) is 40.3. The second-order valence-electron chi connectivity index (χ2n) is 10.1. The minimum absolute atomic E-state index is 0.0442. The van der Waals surface area contributed by atoms with Crippen molar-refractivity contribution in [2.75, 3.05) is 6.54 Å². The third kappa shape index (κ3) is 3.82. The molecule has 1 saturated carbocycles. The zero-order valence-electron chi connectivity index (χ0n) is 18.9. The van der Waals surface area contributed by atoms with Gasteiger partial charge < -0.3 is 14.3 Å². The second kappa shape index (κ2) is 7.39. The Labute approximate surface area is 182 Å². The molecule has 0 unspecified atom stereocenters. The molecule has 3 amide bonds.